The highest BCUT2D eigenvalue weighted by Gasteiger charge is 2.30. The van der Waals surface area contributed by atoms with Gasteiger partial charge < -0.3 is 5.32 Å². The summed E-state index contributed by atoms with van der Waals surface area (Å²) in [6, 6.07) is 7.61. The van der Waals surface area contributed by atoms with Crippen LogP contribution in [0.2, 0.25) is 0 Å². The first-order valence-corrected chi connectivity index (χ1v) is 6.62. The zero-order valence-corrected chi connectivity index (χ0v) is 10.9. The summed E-state index contributed by atoms with van der Waals surface area (Å²) < 4.78 is 0. The average molecular weight is 248 g/mol. The molecule has 0 amide bonds. The van der Waals surface area contributed by atoms with Crippen LogP contribution >= 0.6 is 0 Å². The topological polar surface area (TPSA) is 55.2 Å². The Morgan fingerprint density at radius 2 is 2.22 bits per heavy atom. The quantitative estimate of drug-likeness (QED) is 0.619. The van der Waals surface area contributed by atoms with E-state index >= 15 is 0 Å². The maximum absolute atomic E-state index is 10.8. The first kappa shape index (κ1) is 13.0. The molecule has 2 atom stereocenters. The number of benzene rings is 1. The van der Waals surface area contributed by atoms with Crippen molar-refractivity contribution < 1.29 is 4.92 Å². The van der Waals surface area contributed by atoms with E-state index in [1.54, 1.807) is 12.1 Å². The SMILES string of the molecule is CCC(NC(C)c1cccc([N+](=O)[O-])c1)C1CC1. The number of nitro groups is 1. The molecule has 0 saturated heterocycles. The summed E-state index contributed by atoms with van der Waals surface area (Å²) in [6.45, 7) is 4.26. The van der Waals surface area contributed by atoms with Crippen molar-refractivity contribution in [1.82, 2.24) is 5.32 Å². The Labute approximate surface area is 108 Å². The third-order valence-corrected chi connectivity index (χ3v) is 3.68. The minimum absolute atomic E-state index is 0.162. The predicted molar refractivity (Wildman–Crippen MR) is 71.5 cm³/mol. The Kier molecular flexibility index (Phi) is 3.97. The maximum Gasteiger partial charge on any atom is 0.269 e. The molecule has 0 bridgehead atoms. The van der Waals surface area contributed by atoms with Gasteiger partial charge in [0.2, 0.25) is 0 Å². The van der Waals surface area contributed by atoms with E-state index in [1.165, 1.54) is 18.9 Å². The van der Waals surface area contributed by atoms with Gasteiger partial charge in [0.05, 0.1) is 4.92 Å². The molecule has 1 N–H and O–H groups in total. The normalized spacial score (nSPS) is 18.3. The molecular weight excluding hydrogens is 228 g/mol. The Morgan fingerprint density at radius 3 is 2.78 bits per heavy atom. The van der Waals surface area contributed by atoms with Gasteiger partial charge in [0.15, 0.2) is 0 Å². The molecule has 0 radical (unpaired) electrons. The number of nitro benzene ring substituents is 1. The summed E-state index contributed by atoms with van der Waals surface area (Å²) >= 11 is 0. The number of hydrogen-bond acceptors (Lipinski definition) is 3. The van der Waals surface area contributed by atoms with Crippen molar-refractivity contribution in [3.8, 4) is 0 Å². The van der Waals surface area contributed by atoms with Crippen LogP contribution in [0.5, 0.6) is 0 Å². The lowest BCUT2D eigenvalue weighted by molar-refractivity contribution is -0.384. The Morgan fingerprint density at radius 1 is 1.50 bits per heavy atom. The summed E-state index contributed by atoms with van der Waals surface area (Å²) in [5, 5.41) is 14.3. The van der Waals surface area contributed by atoms with E-state index in [4.69, 9.17) is 0 Å². The van der Waals surface area contributed by atoms with Crippen LogP contribution in [0.1, 0.15) is 44.7 Å². The third-order valence-electron chi connectivity index (χ3n) is 3.68. The lowest BCUT2D eigenvalue weighted by Crippen LogP contribution is -2.32. The van der Waals surface area contributed by atoms with E-state index in [-0.39, 0.29) is 16.7 Å². The van der Waals surface area contributed by atoms with Crippen LogP contribution in [0.3, 0.4) is 0 Å². The minimum atomic E-state index is -0.339. The van der Waals surface area contributed by atoms with Crippen LogP contribution in [0.4, 0.5) is 5.69 Å². The van der Waals surface area contributed by atoms with E-state index in [1.807, 2.05) is 6.07 Å². The van der Waals surface area contributed by atoms with Gasteiger partial charge in [0.1, 0.15) is 0 Å². The molecule has 0 aliphatic heterocycles. The van der Waals surface area contributed by atoms with Gasteiger partial charge >= 0.3 is 0 Å². The number of hydrogen-bond donors (Lipinski definition) is 1. The Bertz CT molecular complexity index is 430. The van der Waals surface area contributed by atoms with Gasteiger partial charge in [0.25, 0.3) is 5.69 Å². The minimum Gasteiger partial charge on any atom is -0.307 e. The van der Waals surface area contributed by atoms with Crippen molar-refractivity contribution in [1.29, 1.82) is 0 Å². The van der Waals surface area contributed by atoms with Gasteiger partial charge in [-0.25, -0.2) is 0 Å². The highest BCUT2D eigenvalue weighted by atomic mass is 16.6. The van der Waals surface area contributed by atoms with Gasteiger partial charge in [0, 0.05) is 24.2 Å². The van der Waals surface area contributed by atoms with Gasteiger partial charge in [-0.05, 0) is 37.7 Å². The molecule has 1 aromatic rings. The molecule has 1 aliphatic carbocycles. The van der Waals surface area contributed by atoms with E-state index in [0.717, 1.165) is 17.9 Å². The van der Waals surface area contributed by atoms with Crippen molar-refractivity contribution >= 4 is 5.69 Å². The van der Waals surface area contributed by atoms with Crippen LogP contribution in [0.15, 0.2) is 24.3 Å². The maximum atomic E-state index is 10.8. The van der Waals surface area contributed by atoms with Crippen molar-refractivity contribution in [3.63, 3.8) is 0 Å². The monoisotopic (exact) mass is 248 g/mol. The Balaban J connectivity index is 2.05. The predicted octanol–water partition coefficient (Wildman–Crippen LogP) is 3.43. The van der Waals surface area contributed by atoms with Crippen LogP contribution in [0, 0.1) is 16.0 Å². The van der Waals surface area contributed by atoms with Crippen molar-refractivity contribution in [2.75, 3.05) is 0 Å². The zero-order valence-electron chi connectivity index (χ0n) is 10.9. The van der Waals surface area contributed by atoms with E-state index in [2.05, 4.69) is 19.2 Å². The molecule has 2 rings (SSSR count). The standard InChI is InChI=1S/C14H20N2O2/c1-3-14(11-7-8-11)15-10(2)12-5-4-6-13(9-12)16(17)18/h4-6,9-11,14-15H,3,7-8H2,1-2H3. The molecule has 98 valence electrons. The molecule has 4 heteroatoms. The van der Waals surface area contributed by atoms with Gasteiger partial charge in [-0.2, -0.15) is 0 Å². The fraction of sp³-hybridized carbons (Fsp3) is 0.571. The summed E-state index contributed by atoms with van der Waals surface area (Å²) in [4.78, 5) is 10.4. The summed E-state index contributed by atoms with van der Waals surface area (Å²) in [5.74, 6) is 0.802. The highest BCUT2D eigenvalue weighted by Crippen LogP contribution is 2.35. The van der Waals surface area contributed by atoms with Crippen molar-refractivity contribution in [2.45, 2.75) is 45.2 Å². The first-order chi connectivity index (χ1) is 8.61. The summed E-state index contributed by atoms with van der Waals surface area (Å²) in [7, 11) is 0. The first-order valence-electron chi connectivity index (χ1n) is 6.62. The van der Waals surface area contributed by atoms with Crippen LogP contribution < -0.4 is 5.32 Å². The van der Waals surface area contributed by atoms with Gasteiger partial charge in [-0.3, -0.25) is 10.1 Å². The molecule has 0 aromatic heterocycles. The second kappa shape index (κ2) is 5.48. The van der Waals surface area contributed by atoms with Gasteiger partial charge in [-0.15, -0.1) is 0 Å². The fourth-order valence-corrected chi connectivity index (χ4v) is 2.41. The van der Waals surface area contributed by atoms with E-state index in [9.17, 15) is 10.1 Å². The number of nitrogens with zero attached hydrogens (tertiary/aromatic N) is 1. The molecule has 0 heterocycles. The van der Waals surface area contributed by atoms with E-state index < -0.39 is 0 Å². The molecule has 1 aromatic carbocycles. The molecular formula is C14H20N2O2. The number of rotatable bonds is 6. The molecule has 0 spiro atoms. The largest absolute Gasteiger partial charge is 0.307 e. The smallest absolute Gasteiger partial charge is 0.269 e. The van der Waals surface area contributed by atoms with Crippen LogP contribution in [-0.2, 0) is 0 Å². The highest BCUT2D eigenvalue weighted by molar-refractivity contribution is 5.35. The van der Waals surface area contributed by atoms with Crippen molar-refractivity contribution in [2.24, 2.45) is 5.92 Å². The number of nitrogens with one attached hydrogen (secondary N) is 1. The van der Waals surface area contributed by atoms with Crippen molar-refractivity contribution in [3.05, 3.63) is 39.9 Å². The van der Waals surface area contributed by atoms with Crippen LogP contribution in [-0.4, -0.2) is 11.0 Å². The van der Waals surface area contributed by atoms with E-state index in [0.29, 0.717) is 6.04 Å². The molecule has 1 saturated carbocycles. The zero-order chi connectivity index (χ0) is 13.1. The molecule has 18 heavy (non-hydrogen) atoms. The van der Waals surface area contributed by atoms with Crippen LogP contribution in [0.25, 0.3) is 0 Å². The summed E-state index contributed by atoms with van der Waals surface area (Å²) in [5.41, 5.74) is 1.16. The third kappa shape index (κ3) is 3.07. The Hall–Kier alpha value is -1.42. The molecule has 4 nitrogen and oxygen atoms in total. The van der Waals surface area contributed by atoms with Gasteiger partial charge in [-0.1, -0.05) is 19.1 Å². The molecule has 1 fully saturated rings. The molecule has 1 aliphatic rings. The lowest BCUT2D eigenvalue weighted by Gasteiger charge is -2.22. The number of non-ortho nitro benzene ring substituents is 1. The summed E-state index contributed by atoms with van der Waals surface area (Å²) in [6.07, 6.45) is 3.74. The lowest BCUT2D eigenvalue weighted by atomic mass is 10.0. The molecule has 2 unspecified atom stereocenters. The average Bonchev–Trinajstić information content (AvgIpc) is 3.20. The second-order valence-corrected chi connectivity index (χ2v) is 5.09. The fourth-order valence-electron chi connectivity index (χ4n) is 2.41. The second-order valence-electron chi connectivity index (χ2n) is 5.09.